The summed E-state index contributed by atoms with van der Waals surface area (Å²) < 4.78 is 18.4. The van der Waals surface area contributed by atoms with Gasteiger partial charge < -0.3 is 10.1 Å². The summed E-state index contributed by atoms with van der Waals surface area (Å²) in [5.74, 6) is -0.305. The Hall–Kier alpha value is -1.62. The predicted molar refractivity (Wildman–Crippen MR) is 65.1 cm³/mol. The lowest BCUT2D eigenvalue weighted by molar-refractivity contribution is 0.0366. The average Bonchev–Trinajstić information content (AvgIpc) is 2.68. The molecule has 3 rings (SSSR count). The molecule has 2 fully saturated rings. The molecule has 2 saturated heterocycles. The van der Waals surface area contributed by atoms with E-state index < -0.39 is 5.60 Å². The van der Waals surface area contributed by atoms with Crippen LogP contribution in [0.15, 0.2) is 24.3 Å². The van der Waals surface area contributed by atoms with E-state index >= 15 is 0 Å². The van der Waals surface area contributed by atoms with Crippen molar-refractivity contribution in [3.8, 4) is 0 Å². The molecule has 1 aromatic carbocycles. The average molecular weight is 250 g/mol. The quantitative estimate of drug-likeness (QED) is 0.827. The Balaban J connectivity index is 1.82. The monoisotopic (exact) mass is 250 g/mol. The molecule has 5 heteroatoms. The van der Waals surface area contributed by atoms with Gasteiger partial charge in [-0.2, -0.15) is 0 Å². The van der Waals surface area contributed by atoms with E-state index in [0.717, 1.165) is 19.4 Å². The highest BCUT2D eigenvalue weighted by atomic mass is 19.1. The van der Waals surface area contributed by atoms with Gasteiger partial charge in [0.1, 0.15) is 11.4 Å². The van der Waals surface area contributed by atoms with E-state index in [1.165, 1.54) is 12.1 Å². The number of hydrogen-bond donors (Lipinski definition) is 1. The number of benzene rings is 1. The molecular formula is C13H15FN2O2. The van der Waals surface area contributed by atoms with Gasteiger partial charge in [-0.25, -0.2) is 9.18 Å². The standard InChI is InChI=1S/C13H15FN2O2/c14-10-2-4-11(5-3-10)16-9-13(18-12(16)17)6-1-7-15-8-13/h2-5,15H,1,6-9H2. The fourth-order valence-electron chi connectivity index (χ4n) is 2.61. The molecule has 1 amide bonds. The number of nitrogens with one attached hydrogen (secondary N) is 1. The van der Waals surface area contributed by atoms with Gasteiger partial charge in [-0.1, -0.05) is 0 Å². The lowest BCUT2D eigenvalue weighted by Gasteiger charge is -2.31. The second kappa shape index (κ2) is 4.24. The molecule has 1 N–H and O–H groups in total. The van der Waals surface area contributed by atoms with Crippen LogP contribution >= 0.6 is 0 Å². The molecule has 18 heavy (non-hydrogen) atoms. The van der Waals surface area contributed by atoms with Crippen LogP contribution in [0.2, 0.25) is 0 Å². The van der Waals surface area contributed by atoms with Crippen molar-refractivity contribution in [3.63, 3.8) is 0 Å². The van der Waals surface area contributed by atoms with Crippen molar-refractivity contribution in [2.24, 2.45) is 0 Å². The van der Waals surface area contributed by atoms with Crippen molar-refractivity contribution < 1.29 is 13.9 Å². The molecule has 1 unspecified atom stereocenters. The number of halogens is 1. The number of carbonyl (C=O) groups is 1. The van der Waals surface area contributed by atoms with Gasteiger partial charge in [-0.15, -0.1) is 0 Å². The predicted octanol–water partition coefficient (Wildman–Crippen LogP) is 1.90. The fraction of sp³-hybridized carbons (Fsp3) is 0.462. The molecule has 0 saturated carbocycles. The number of ether oxygens (including phenoxy) is 1. The molecular weight excluding hydrogens is 235 g/mol. The second-order valence-corrected chi connectivity index (χ2v) is 4.89. The SMILES string of the molecule is O=C1OC2(CCCNC2)CN1c1ccc(F)cc1. The van der Waals surface area contributed by atoms with Crippen LogP contribution in [0.4, 0.5) is 14.9 Å². The first-order valence-electron chi connectivity index (χ1n) is 6.15. The third kappa shape index (κ3) is 1.95. The maximum Gasteiger partial charge on any atom is 0.415 e. The van der Waals surface area contributed by atoms with Crippen LogP contribution in [-0.2, 0) is 4.74 Å². The molecule has 96 valence electrons. The summed E-state index contributed by atoms with van der Waals surface area (Å²) >= 11 is 0. The summed E-state index contributed by atoms with van der Waals surface area (Å²) in [7, 11) is 0. The molecule has 0 aromatic heterocycles. The second-order valence-electron chi connectivity index (χ2n) is 4.89. The minimum absolute atomic E-state index is 0.305. The van der Waals surface area contributed by atoms with E-state index in [1.54, 1.807) is 17.0 Å². The van der Waals surface area contributed by atoms with Crippen molar-refractivity contribution in [1.29, 1.82) is 0 Å². The highest BCUT2D eigenvalue weighted by Crippen LogP contribution is 2.32. The lowest BCUT2D eigenvalue weighted by Crippen LogP contribution is -2.48. The maximum atomic E-state index is 12.9. The van der Waals surface area contributed by atoms with Gasteiger partial charge in [0.05, 0.1) is 6.54 Å². The number of anilines is 1. The van der Waals surface area contributed by atoms with Gasteiger partial charge >= 0.3 is 6.09 Å². The lowest BCUT2D eigenvalue weighted by atomic mass is 9.94. The first kappa shape index (κ1) is 11.5. The summed E-state index contributed by atoms with van der Waals surface area (Å²) in [4.78, 5) is 13.5. The van der Waals surface area contributed by atoms with E-state index in [4.69, 9.17) is 4.74 Å². The zero-order valence-electron chi connectivity index (χ0n) is 9.99. The van der Waals surface area contributed by atoms with E-state index in [2.05, 4.69) is 5.32 Å². The normalized spacial score (nSPS) is 27.6. The Morgan fingerprint density at radius 3 is 2.78 bits per heavy atom. The number of piperidine rings is 1. The molecule has 2 heterocycles. The van der Waals surface area contributed by atoms with Crippen LogP contribution in [0.1, 0.15) is 12.8 Å². The smallest absolute Gasteiger partial charge is 0.415 e. The highest BCUT2D eigenvalue weighted by molar-refractivity contribution is 5.90. The molecule has 1 atom stereocenters. The third-order valence-electron chi connectivity index (χ3n) is 3.54. The molecule has 2 aliphatic rings. The van der Waals surface area contributed by atoms with E-state index in [-0.39, 0.29) is 11.9 Å². The van der Waals surface area contributed by atoms with Gasteiger partial charge in [0.25, 0.3) is 0 Å². The summed E-state index contributed by atoms with van der Waals surface area (Å²) in [6, 6.07) is 5.91. The Bertz CT molecular complexity index is 455. The topological polar surface area (TPSA) is 41.6 Å². The summed E-state index contributed by atoms with van der Waals surface area (Å²) in [5, 5.41) is 3.26. The van der Waals surface area contributed by atoms with Crippen LogP contribution < -0.4 is 10.2 Å². The third-order valence-corrected chi connectivity index (χ3v) is 3.54. The van der Waals surface area contributed by atoms with Gasteiger partial charge in [-0.05, 0) is 43.7 Å². The Morgan fingerprint density at radius 1 is 1.33 bits per heavy atom. The first-order chi connectivity index (χ1) is 8.69. The van der Waals surface area contributed by atoms with Crippen LogP contribution in [-0.4, -0.2) is 31.3 Å². The van der Waals surface area contributed by atoms with E-state index in [0.29, 0.717) is 18.8 Å². The minimum Gasteiger partial charge on any atom is -0.439 e. The molecule has 1 aromatic rings. The number of hydrogen-bond acceptors (Lipinski definition) is 3. The van der Waals surface area contributed by atoms with Gasteiger partial charge in [0.15, 0.2) is 0 Å². The molecule has 1 spiro atoms. The van der Waals surface area contributed by atoms with Crippen molar-refractivity contribution >= 4 is 11.8 Å². The highest BCUT2D eigenvalue weighted by Gasteiger charge is 2.46. The number of amides is 1. The summed E-state index contributed by atoms with van der Waals surface area (Å²) in [6.45, 7) is 2.19. The van der Waals surface area contributed by atoms with Crippen LogP contribution in [0.25, 0.3) is 0 Å². The summed E-state index contributed by atoms with van der Waals surface area (Å²) in [6.07, 6.45) is 1.54. The Morgan fingerprint density at radius 2 is 2.11 bits per heavy atom. The Labute approximate surface area is 105 Å². The fourth-order valence-corrected chi connectivity index (χ4v) is 2.61. The molecule has 0 bridgehead atoms. The van der Waals surface area contributed by atoms with Crippen LogP contribution in [0.3, 0.4) is 0 Å². The maximum absolute atomic E-state index is 12.9. The van der Waals surface area contributed by atoms with Crippen LogP contribution in [0, 0.1) is 5.82 Å². The van der Waals surface area contributed by atoms with Crippen molar-refractivity contribution in [2.75, 3.05) is 24.5 Å². The van der Waals surface area contributed by atoms with Gasteiger partial charge in [-0.3, -0.25) is 4.90 Å². The van der Waals surface area contributed by atoms with Crippen LogP contribution in [0.5, 0.6) is 0 Å². The first-order valence-corrected chi connectivity index (χ1v) is 6.15. The number of nitrogens with zero attached hydrogens (tertiary/aromatic N) is 1. The largest absolute Gasteiger partial charge is 0.439 e. The zero-order chi connectivity index (χ0) is 12.6. The van der Waals surface area contributed by atoms with E-state index in [9.17, 15) is 9.18 Å². The van der Waals surface area contributed by atoms with Crippen molar-refractivity contribution in [1.82, 2.24) is 5.32 Å². The van der Waals surface area contributed by atoms with E-state index in [1.807, 2.05) is 0 Å². The zero-order valence-corrected chi connectivity index (χ0v) is 9.99. The number of rotatable bonds is 1. The number of carbonyl (C=O) groups excluding carboxylic acids is 1. The van der Waals surface area contributed by atoms with Gasteiger partial charge in [0.2, 0.25) is 0 Å². The minimum atomic E-state index is -0.413. The van der Waals surface area contributed by atoms with Crippen molar-refractivity contribution in [2.45, 2.75) is 18.4 Å². The molecule has 0 aliphatic carbocycles. The van der Waals surface area contributed by atoms with Gasteiger partial charge in [0, 0.05) is 12.2 Å². The molecule has 2 aliphatic heterocycles. The Kier molecular flexibility index (Phi) is 2.70. The van der Waals surface area contributed by atoms with Crippen molar-refractivity contribution in [3.05, 3.63) is 30.1 Å². The molecule has 0 radical (unpaired) electrons. The summed E-state index contributed by atoms with van der Waals surface area (Å²) in [5.41, 5.74) is 0.271. The molecule has 4 nitrogen and oxygen atoms in total.